The van der Waals surface area contributed by atoms with Gasteiger partial charge in [0.1, 0.15) is 11.5 Å². The Morgan fingerprint density at radius 2 is 1.17 bits per heavy atom. The number of nitrogens with two attached hydrogens (primary N) is 1. The molecule has 0 unspecified atom stereocenters. The molecule has 0 saturated carbocycles. The van der Waals surface area contributed by atoms with Gasteiger partial charge in [-0.1, -0.05) is 24.3 Å². The van der Waals surface area contributed by atoms with Crippen molar-refractivity contribution in [2.75, 3.05) is 6.54 Å². The molecule has 0 aliphatic rings. The van der Waals surface area contributed by atoms with Crippen LogP contribution in [0.3, 0.4) is 0 Å². The summed E-state index contributed by atoms with van der Waals surface area (Å²) in [5, 5.41) is 18.6. The van der Waals surface area contributed by atoms with Crippen LogP contribution in [0.15, 0.2) is 48.5 Å². The zero-order valence-electron chi connectivity index (χ0n) is 10.1. The second-order valence-corrected chi connectivity index (χ2v) is 4.31. The predicted molar refractivity (Wildman–Crippen MR) is 71.7 cm³/mol. The van der Waals surface area contributed by atoms with E-state index >= 15 is 0 Å². The monoisotopic (exact) mass is 243 g/mol. The third-order valence-electron chi connectivity index (χ3n) is 3.05. The van der Waals surface area contributed by atoms with Crippen LogP contribution in [-0.4, -0.2) is 16.8 Å². The number of benzene rings is 2. The van der Waals surface area contributed by atoms with Crippen molar-refractivity contribution in [2.24, 2.45) is 5.73 Å². The van der Waals surface area contributed by atoms with Crippen molar-refractivity contribution in [3.05, 3.63) is 59.7 Å². The summed E-state index contributed by atoms with van der Waals surface area (Å²) in [5.74, 6) is 0.711. The largest absolute Gasteiger partial charge is 0.508 e. The molecular formula is C15H17NO2. The van der Waals surface area contributed by atoms with Crippen LogP contribution in [0.25, 0.3) is 0 Å². The first-order valence-corrected chi connectivity index (χ1v) is 5.98. The fraction of sp³-hybridized carbons (Fsp3) is 0.200. The highest BCUT2D eigenvalue weighted by atomic mass is 16.3. The zero-order valence-corrected chi connectivity index (χ0v) is 10.1. The first-order valence-electron chi connectivity index (χ1n) is 5.98. The van der Waals surface area contributed by atoms with Crippen LogP contribution in [0.1, 0.15) is 23.5 Å². The molecule has 2 aromatic rings. The van der Waals surface area contributed by atoms with Crippen molar-refractivity contribution >= 4 is 0 Å². The summed E-state index contributed by atoms with van der Waals surface area (Å²) < 4.78 is 0. The maximum Gasteiger partial charge on any atom is 0.115 e. The highest BCUT2D eigenvalue weighted by molar-refractivity contribution is 5.37. The molecule has 0 bridgehead atoms. The minimum atomic E-state index is 0.191. The van der Waals surface area contributed by atoms with E-state index < -0.39 is 0 Å². The number of phenolic OH excluding ortho intramolecular Hbond substituents is 2. The van der Waals surface area contributed by atoms with E-state index in [4.69, 9.17) is 5.73 Å². The summed E-state index contributed by atoms with van der Waals surface area (Å²) in [4.78, 5) is 0. The fourth-order valence-electron chi connectivity index (χ4n) is 2.11. The normalized spacial score (nSPS) is 10.8. The highest BCUT2D eigenvalue weighted by Gasteiger charge is 2.13. The van der Waals surface area contributed by atoms with Gasteiger partial charge in [-0.15, -0.1) is 0 Å². The molecule has 18 heavy (non-hydrogen) atoms. The number of hydrogen-bond acceptors (Lipinski definition) is 3. The van der Waals surface area contributed by atoms with E-state index in [2.05, 4.69) is 0 Å². The van der Waals surface area contributed by atoms with Crippen LogP contribution in [0.5, 0.6) is 11.5 Å². The van der Waals surface area contributed by atoms with Crippen LogP contribution in [0, 0.1) is 0 Å². The Hall–Kier alpha value is -2.00. The standard InChI is InChI=1S/C15H17NO2/c16-10-9-15(11-1-5-13(17)6-2-11)12-3-7-14(18)8-4-12/h1-8,15,17-18H,9-10,16H2. The van der Waals surface area contributed by atoms with Gasteiger partial charge in [0.05, 0.1) is 0 Å². The van der Waals surface area contributed by atoms with Gasteiger partial charge in [-0.2, -0.15) is 0 Å². The van der Waals surface area contributed by atoms with Gasteiger partial charge in [0.25, 0.3) is 0 Å². The van der Waals surface area contributed by atoms with Gasteiger partial charge in [-0.3, -0.25) is 0 Å². The van der Waals surface area contributed by atoms with Gasteiger partial charge in [-0.05, 0) is 48.4 Å². The summed E-state index contributed by atoms with van der Waals surface area (Å²) in [6.07, 6.45) is 0.829. The summed E-state index contributed by atoms with van der Waals surface area (Å²) >= 11 is 0. The SMILES string of the molecule is NCCC(c1ccc(O)cc1)c1ccc(O)cc1. The molecule has 2 rings (SSSR count). The summed E-state index contributed by atoms with van der Waals surface area (Å²) in [5.41, 5.74) is 7.89. The number of phenols is 2. The van der Waals surface area contributed by atoms with Crippen molar-refractivity contribution in [2.45, 2.75) is 12.3 Å². The van der Waals surface area contributed by atoms with Gasteiger partial charge in [0.2, 0.25) is 0 Å². The molecular weight excluding hydrogens is 226 g/mol. The van der Waals surface area contributed by atoms with Gasteiger partial charge in [0.15, 0.2) is 0 Å². The molecule has 0 amide bonds. The lowest BCUT2D eigenvalue weighted by molar-refractivity contribution is 0.475. The lowest BCUT2D eigenvalue weighted by Crippen LogP contribution is -2.08. The Kier molecular flexibility index (Phi) is 3.85. The molecule has 0 fully saturated rings. The minimum absolute atomic E-state index is 0.191. The first kappa shape index (κ1) is 12.5. The Bertz CT molecular complexity index is 445. The number of aromatic hydroxyl groups is 2. The molecule has 3 nitrogen and oxygen atoms in total. The van der Waals surface area contributed by atoms with E-state index in [9.17, 15) is 10.2 Å². The predicted octanol–water partition coefficient (Wildman–Crippen LogP) is 2.58. The van der Waals surface area contributed by atoms with Gasteiger partial charge in [-0.25, -0.2) is 0 Å². The van der Waals surface area contributed by atoms with E-state index in [1.54, 1.807) is 24.3 Å². The molecule has 0 atom stereocenters. The van der Waals surface area contributed by atoms with E-state index in [1.807, 2.05) is 24.3 Å². The lowest BCUT2D eigenvalue weighted by atomic mass is 9.88. The summed E-state index contributed by atoms with van der Waals surface area (Å²) in [6, 6.07) is 14.3. The average Bonchev–Trinajstić information content (AvgIpc) is 2.39. The second kappa shape index (κ2) is 5.56. The second-order valence-electron chi connectivity index (χ2n) is 4.31. The topological polar surface area (TPSA) is 66.5 Å². The molecule has 0 aromatic heterocycles. The van der Waals surface area contributed by atoms with Crippen LogP contribution < -0.4 is 5.73 Å². The summed E-state index contributed by atoms with van der Waals surface area (Å²) in [6.45, 7) is 0.590. The minimum Gasteiger partial charge on any atom is -0.508 e. The van der Waals surface area contributed by atoms with E-state index in [1.165, 1.54) is 0 Å². The quantitative estimate of drug-likeness (QED) is 0.773. The Labute approximate surface area is 107 Å². The molecule has 0 aliphatic heterocycles. The van der Waals surface area contributed by atoms with Crippen LogP contribution >= 0.6 is 0 Å². The van der Waals surface area contributed by atoms with Gasteiger partial charge < -0.3 is 15.9 Å². The van der Waals surface area contributed by atoms with Crippen molar-refractivity contribution in [3.8, 4) is 11.5 Å². The average molecular weight is 243 g/mol. The van der Waals surface area contributed by atoms with Gasteiger partial charge in [0, 0.05) is 5.92 Å². The maximum atomic E-state index is 9.32. The third kappa shape index (κ3) is 2.81. The molecule has 94 valence electrons. The van der Waals surface area contributed by atoms with Crippen molar-refractivity contribution in [1.29, 1.82) is 0 Å². The highest BCUT2D eigenvalue weighted by Crippen LogP contribution is 2.29. The third-order valence-corrected chi connectivity index (χ3v) is 3.05. The molecule has 0 heterocycles. The van der Waals surface area contributed by atoms with Crippen molar-refractivity contribution in [3.63, 3.8) is 0 Å². The van der Waals surface area contributed by atoms with E-state index in [0.717, 1.165) is 17.5 Å². The maximum absolute atomic E-state index is 9.32. The lowest BCUT2D eigenvalue weighted by Gasteiger charge is -2.17. The number of hydrogen-bond donors (Lipinski definition) is 3. The molecule has 3 heteroatoms. The summed E-state index contributed by atoms with van der Waals surface area (Å²) in [7, 11) is 0. The molecule has 0 spiro atoms. The zero-order chi connectivity index (χ0) is 13.0. The Morgan fingerprint density at radius 1 is 0.778 bits per heavy atom. The van der Waals surface area contributed by atoms with Gasteiger partial charge >= 0.3 is 0 Å². The number of rotatable bonds is 4. The van der Waals surface area contributed by atoms with Crippen molar-refractivity contribution in [1.82, 2.24) is 0 Å². The fourth-order valence-corrected chi connectivity index (χ4v) is 2.11. The van der Waals surface area contributed by atoms with Crippen molar-refractivity contribution < 1.29 is 10.2 Å². The van der Waals surface area contributed by atoms with E-state index in [-0.39, 0.29) is 17.4 Å². The Balaban J connectivity index is 2.33. The van der Waals surface area contributed by atoms with Crippen LogP contribution in [0.2, 0.25) is 0 Å². The molecule has 2 aromatic carbocycles. The van der Waals surface area contributed by atoms with Crippen LogP contribution in [0.4, 0.5) is 0 Å². The molecule has 0 saturated heterocycles. The molecule has 4 N–H and O–H groups in total. The van der Waals surface area contributed by atoms with E-state index in [0.29, 0.717) is 6.54 Å². The first-order chi connectivity index (χ1) is 8.70. The van der Waals surface area contributed by atoms with Crippen LogP contribution in [-0.2, 0) is 0 Å². The smallest absolute Gasteiger partial charge is 0.115 e. The molecule has 0 radical (unpaired) electrons. The molecule has 0 aliphatic carbocycles. The Morgan fingerprint density at radius 3 is 1.50 bits per heavy atom.